The van der Waals surface area contributed by atoms with Crippen molar-refractivity contribution in [3.05, 3.63) is 87.9 Å². The van der Waals surface area contributed by atoms with Crippen molar-refractivity contribution in [2.24, 2.45) is 0 Å². The molecule has 0 fully saturated rings. The molecule has 1 heterocycles. The first-order chi connectivity index (χ1) is 17.0. The highest BCUT2D eigenvalue weighted by molar-refractivity contribution is 6.32. The van der Waals surface area contributed by atoms with Crippen LogP contribution in [0.4, 0.5) is 5.69 Å². The number of amides is 1. The molecule has 7 heteroatoms. The lowest BCUT2D eigenvalue weighted by atomic mass is 10.1. The summed E-state index contributed by atoms with van der Waals surface area (Å²) in [7, 11) is 1.51. The predicted octanol–water partition coefficient (Wildman–Crippen LogP) is 5.61. The first kappa shape index (κ1) is 24.2. The number of carbonyl (C=O) groups excluding carboxylic acids is 1. The molecular weight excluding hydrogens is 464 g/mol. The van der Waals surface area contributed by atoms with Gasteiger partial charge in [-0.15, -0.1) is 0 Å². The van der Waals surface area contributed by atoms with E-state index >= 15 is 0 Å². The maximum atomic E-state index is 13.1. The van der Waals surface area contributed by atoms with Crippen LogP contribution in [-0.2, 0) is 11.2 Å². The maximum absolute atomic E-state index is 13.1. The third kappa shape index (κ3) is 5.59. The SMILES string of the molecule is COc1cc(C=C(C#N)C(=O)N2CCc3ccccc32)cc(Cl)c1OCCOc1ccc(C)cc1. The Hall–Kier alpha value is -3.95. The molecule has 0 saturated heterocycles. The van der Waals surface area contributed by atoms with Crippen molar-refractivity contribution in [3.8, 4) is 23.3 Å². The van der Waals surface area contributed by atoms with Gasteiger partial charge in [0.25, 0.3) is 5.91 Å². The monoisotopic (exact) mass is 488 g/mol. The number of rotatable bonds is 8. The van der Waals surface area contributed by atoms with Crippen LogP contribution in [0.5, 0.6) is 17.2 Å². The van der Waals surface area contributed by atoms with Gasteiger partial charge in [-0.05, 0) is 60.9 Å². The number of hydrogen-bond acceptors (Lipinski definition) is 5. The zero-order valence-corrected chi connectivity index (χ0v) is 20.3. The minimum absolute atomic E-state index is 0.0139. The van der Waals surface area contributed by atoms with E-state index < -0.39 is 0 Å². The second-order valence-corrected chi connectivity index (χ2v) is 8.46. The largest absolute Gasteiger partial charge is 0.493 e. The van der Waals surface area contributed by atoms with Crippen LogP contribution in [0.1, 0.15) is 16.7 Å². The number of hydrogen-bond donors (Lipinski definition) is 0. The Kier molecular flexibility index (Phi) is 7.59. The third-order valence-electron chi connectivity index (χ3n) is 5.67. The predicted molar refractivity (Wildman–Crippen MR) is 136 cm³/mol. The number of aryl methyl sites for hydroxylation is 1. The molecule has 0 aromatic heterocycles. The van der Waals surface area contributed by atoms with E-state index in [1.807, 2.05) is 61.5 Å². The summed E-state index contributed by atoms with van der Waals surface area (Å²) in [5.74, 6) is 1.18. The number of ether oxygens (including phenoxy) is 3. The molecule has 0 atom stereocenters. The zero-order chi connectivity index (χ0) is 24.8. The van der Waals surface area contributed by atoms with E-state index in [1.165, 1.54) is 13.2 Å². The van der Waals surface area contributed by atoms with Crippen molar-refractivity contribution < 1.29 is 19.0 Å². The highest BCUT2D eigenvalue weighted by atomic mass is 35.5. The summed E-state index contributed by atoms with van der Waals surface area (Å²) in [6.45, 7) is 3.14. The van der Waals surface area contributed by atoms with Gasteiger partial charge >= 0.3 is 0 Å². The Morgan fingerprint density at radius 2 is 1.86 bits per heavy atom. The summed E-state index contributed by atoms with van der Waals surface area (Å²) < 4.78 is 17.0. The van der Waals surface area contributed by atoms with Crippen LogP contribution in [0.25, 0.3) is 6.08 Å². The molecule has 0 saturated carbocycles. The molecule has 0 N–H and O–H groups in total. The summed E-state index contributed by atoms with van der Waals surface area (Å²) in [6.07, 6.45) is 2.28. The van der Waals surface area contributed by atoms with E-state index in [2.05, 4.69) is 0 Å². The number of nitrogens with zero attached hydrogens (tertiary/aromatic N) is 2. The molecule has 0 radical (unpaired) electrons. The van der Waals surface area contributed by atoms with E-state index in [0.29, 0.717) is 35.2 Å². The molecule has 0 spiro atoms. The number of anilines is 1. The Labute approximate surface area is 209 Å². The standard InChI is InChI=1S/C28H25ClN2O4/c1-19-7-9-23(10-8-19)34-13-14-35-27-24(29)16-20(17-26(27)33-2)15-22(18-30)28(32)31-12-11-21-5-3-4-6-25(21)31/h3-10,15-17H,11-14H2,1-2H3. The Morgan fingerprint density at radius 1 is 1.11 bits per heavy atom. The number of para-hydroxylation sites is 1. The fourth-order valence-corrected chi connectivity index (χ4v) is 4.18. The smallest absolute Gasteiger partial charge is 0.268 e. The van der Waals surface area contributed by atoms with Gasteiger partial charge in [-0.3, -0.25) is 4.79 Å². The van der Waals surface area contributed by atoms with E-state index in [4.69, 9.17) is 25.8 Å². The zero-order valence-electron chi connectivity index (χ0n) is 19.6. The topological polar surface area (TPSA) is 71.8 Å². The average molecular weight is 489 g/mol. The van der Waals surface area contributed by atoms with Gasteiger partial charge < -0.3 is 19.1 Å². The van der Waals surface area contributed by atoms with E-state index in [9.17, 15) is 10.1 Å². The van der Waals surface area contributed by atoms with Crippen molar-refractivity contribution in [2.75, 3.05) is 31.8 Å². The van der Waals surface area contributed by atoms with Crippen LogP contribution >= 0.6 is 11.6 Å². The second-order valence-electron chi connectivity index (χ2n) is 8.05. The maximum Gasteiger partial charge on any atom is 0.268 e. The van der Waals surface area contributed by atoms with Crippen LogP contribution in [0.2, 0.25) is 5.02 Å². The highest BCUT2D eigenvalue weighted by Crippen LogP contribution is 2.37. The first-order valence-electron chi connectivity index (χ1n) is 11.2. The molecule has 3 aromatic carbocycles. The lowest BCUT2D eigenvalue weighted by molar-refractivity contribution is -0.114. The Balaban J connectivity index is 1.47. The molecule has 0 bridgehead atoms. The average Bonchev–Trinajstić information content (AvgIpc) is 3.30. The second kappa shape index (κ2) is 11.0. The van der Waals surface area contributed by atoms with Gasteiger partial charge in [-0.25, -0.2) is 0 Å². The lowest BCUT2D eigenvalue weighted by Gasteiger charge is -2.17. The van der Waals surface area contributed by atoms with Crippen LogP contribution in [0.3, 0.4) is 0 Å². The number of carbonyl (C=O) groups is 1. The molecule has 35 heavy (non-hydrogen) atoms. The van der Waals surface area contributed by atoms with Gasteiger partial charge in [0.2, 0.25) is 0 Å². The van der Waals surface area contributed by atoms with E-state index in [0.717, 1.165) is 29.0 Å². The van der Waals surface area contributed by atoms with Gasteiger partial charge in [0.15, 0.2) is 11.5 Å². The normalized spacial score (nSPS) is 12.6. The van der Waals surface area contributed by atoms with Crippen molar-refractivity contribution >= 4 is 29.3 Å². The van der Waals surface area contributed by atoms with Crippen LogP contribution in [0, 0.1) is 18.3 Å². The molecular formula is C28H25ClN2O4. The van der Waals surface area contributed by atoms with Gasteiger partial charge in [-0.2, -0.15) is 5.26 Å². The molecule has 4 rings (SSSR count). The van der Waals surface area contributed by atoms with Gasteiger partial charge in [0, 0.05) is 12.2 Å². The van der Waals surface area contributed by atoms with Crippen molar-refractivity contribution in [2.45, 2.75) is 13.3 Å². The van der Waals surface area contributed by atoms with Gasteiger partial charge in [-0.1, -0.05) is 47.5 Å². The number of fused-ring (bicyclic) bond motifs is 1. The first-order valence-corrected chi connectivity index (χ1v) is 11.6. The lowest BCUT2D eigenvalue weighted by Crippen LogP contribution is -2.29. The summed E-state index contributed by atoms with van der Waals surface area (Å²) in [5.41, 5.74) is 3.67. The third-order valence-corrected chi connectivity index (χ3v) is 5.95. The van der Waals surface area contributed by atoms with Crippen LogP contribution < -0.4 is 19.1 Å². The van der Waals surface area contributed by atoms with Gasteiger partial charge in [0.1, 0.15) is 30.6 Å². The number of nitriles is 1. The molecule has 1 aliphatic rings. The molecule has 0 aliphatic carbocycles. The van der Waals surface area contributed by atoms with E-state index in [1.54, 1.807) is 17.0 Å². The Bertz CT molecular complexity index is 1300. The molecule has 6 nitrogen and oxygen atoms in total. The van der Waals surface area contributed by atoms with Gasteiger partial charge in [0.05, 0.1) is 12.1 Å². The quantitative estimate of drug-likeness (QED) is 0.234. The minimum atomic E-state index is -0.346. The molecule has 1 aliphatic heterocycles. The number of benzene rings is 3. The molecule has 3 aromatic rings. The number of halogens is 1. The van der Waals surface area contributed by atoms with Crippen LogP contribution in [0.15, 0.2) is 66.2 Å². The fraction of sp³-hybridized carbons (Fsp3) is 0.214. The molecule has 0 unspecified atom stereocenters. The highest BCUT2D eigenvalue weighted by Gasteiger charge is 2.26. The Morgan fingerprint density at radius 3 is 2.60 bits per heavy atom. The van der Waals surface area contributed by atoms with Crippen molar-refractivity contribution in [1.29, 1.82) is 5.26 Å². The van der Waals surface area contributed by atoms with Crippen molar-refractivity contribution in [3.63, 3.8) is 0 Å². The van der Waals surface area contributed by atoms with Crippen molar-refractivity contribution in [1.82, 2.24) is 0 Å². The summed E-state index contributed by atoms with van der Waals surface area (Å²) in [6, 6.07) is 20.8. The number of methoxy groups -OCH3 is 1. The summed E-state index contributed by atoms with van der Waals surface area (Å²) in [5, 5.41) is 10.0. The molecule has 178 valence electrons. The molecule has 1 amide bonds. The van der Waals surface area contributed by atoms with Crippen LogP contribution in [-0.4, -0.2) is 32.8 Å². The fourth-order valence-electron chi connectivity index (χ4n) is 3.90. The minimum Gasteiger partial charge on any atom is -0.493 e. The van der Waals surface area contributed by atoms with E-state index in [-0.39, 0.29) is 18.1 Å². The summed E-state index contributed by atoms with van der Waals surface area (Å²) in [4.78, 5) is 14.7. The summed E-state index contributed by atoms with van der Waals surface area (Å²) >= 11 is 6.47.